The van der Waals surface area contributed by atoms with Gasteiger partial charge in [0.25, 0.3) is 0 Å². The second-order valence-electron chi connectivity index (χ2n) is 6.25. The first kappa shape index (κ1) is 18.5. The third-order valence-electron chi connectivity index (χ3n) is 4.55. The van der Waals surface area contributed by atoms with Gasteiger partial charge in [-0.2, -0.15) is 13.2 Å². The van der Waals surface area contributed by atoms with Crippen molar-refractivity contribution < 1.29 is 23.1 Å². The molecular weight excluding hydrogens is 293 g/mol. The zero-order chi connectivity index (χ0) is 17.1. The molecular formula is C17H23F3O2. The van der Waals surface area contributed by atoms with Crippen LogP contribution in [0.2, 0.25) is 0 Å². The first-order valence-corrected chi connectivity index (χ1v) is 7.41. The first-order chi connectivity index (χ1) is 10.0. The zero-order valence-corrected chi connectivity index (χ0v) is 13.4. The summed E-state index contributed by atoms with van der Waals surface area (Å²) < 4.78 is 38.1. The van der Waals surface area contributed by atoms with Crippen LogP contribution in [-0.4, -0.2) is 17.3 Å². The highest BCUT2D eigenvalue weighted by molar-refractivity contribution is 5.74. The van der Waals surface area contributed by atoms with E-state index in [1.807, 2.05) is 13.8 Å². The molecule has 0 heterocycles. The Kier molecular flexibility index (Phi) is 5.65. The number of carboxylic acid groups (broad SMARTS) is 1. The van der Waals surface area contributed by atoms with Crippen molar-refractivity contribution in [2.75, 3.05) is 0 Å². The lowest BCUT2D eigenvalue weighted by Crippen LogP contribution is -2.28. The van der Waals surface area contributed by atoms with Crippen LogP contribution in [0, 0.1) is 5.41 Å². The van der Waals surface area contributed by atoms with E-state index in [9.17, 15) is 23.1 Å². The summed E-state index contributed by atoms with van der Waals surface area (Å²) in [6.07, 6.45) is -3.29. The quantitative estimate of drug-likeness (QED) is 0.768. The molecule has 0 fully saturated rings. The SMILES string of the molecule is CCC(C)(CC(C)c1ccc(C(C)C(F)(F)F)cc1)C(=O)O. The van der Waals surface area contributed by atoms with E-state index in [0.717, 1.165) is 12.5 Å². The number of alkyl halides is 3. The van der Waals surface area contributed by atoms with Gasteiger partial charge in [0.05, 0.1) is 11.3 Å². The number of carbonyl (C=O) groups is 1. The fourth-order valence-electron chi connectivity index (χ4n) is 2.48. The maximum atomic E-state index is 12.7. The summed E-state index contributed by atoms with van der Waals surface area (Å²) in [7, 11) is 0. The standard InChI is InChI=1S/C17H23F3O2/c1-5-16(4,15(21)22)10-11(2)13-6-8-14(9-7-13)12(3)17(18,19)20/h6-9,11-12H,5,10H2,1-4H3,(H,21,22). The van der Waals surface area contributed by atoms with Crippen LogP contribution < -0.4 is 0 Å². The van der Waals surface area contributed by atoms with Gasteiger partial charge >= 0.3 is 12.1 Å². The van der Waals surface area contributed by atoms with Crippen molar-refractivity contribution >= 4 is 5.97 Å². The van der Waals surface area contributed by atoms with Crippen molar-refractivity contribution in [1.29, 1.82) is 0 Å². The molecule has 3 atom stereocenters. The molecule has 0 aliphatic heterocycles. The summed E-state index contributed by atoms with van der Waals surface area (Å²) in [4.78, 5) is 11.3. The van der Waals surface area contributed by atoms with Crippen molar-refractivity contribution in [3.05, 3.63) is 35.4 Å². The Morgan fingerprint density at radius 1 is 1.14 bits per heavy atom. The van der Waals surface area contributed by atoms with E-state index < -0.39 is 23.5 Å². The Bertz CT molecular complexity index is 508. The summed E-state index contributed by atoms with van der Waals surface area (Å²) in [6.45, 7) is 6.57. The van der Waals surface area contributed by atoms with Crippen LogP contribution in [0.15, 0.2) is 24.3 Å². The number of hydrogen-bond donors (Lipinski definition) is 1. The lowest BCUT2D eigenvalue weighted by Gasteiger charge is -2.27. The van der Waals surface area contributed by atoms with Gasteiger partial charge in [-0.05, 0) is 43.7 Å². The number of benzene rings is 1. The normalized spacial score (nSPS) is 17.6. The van der Waals surface area contributed by atoms with E-state index in [2.05, 4.69) is 0 Å². The molecule has 2 nitrogen and oxygen atoms in total. The lowest BCUT2D eigenvalue weighted by molar-refractivity contribution is -0.149. The molecule has 0 aromatic heterocycles. The third kappa shape index (κ3) is 4.24. The van der Waals surface area contributed by atoms with E-state index in [-0.39, 0.29) is 11.5 Å². The molecule has 1 rings (SSSR count). The van der Waals surface area contributed by atoms with Gasteiger partial charge in [0.2, 0.25) is 0 Å². The summed E-state index contributed by atoms with van der Waals surface area (Å²) >= 11 is 0. The Morgan fingerprint density at radius 3 is 1.95 bits per heavy atom. The average molecular weight is 316 g/mol. The Labute approximate surface area is 129 Å². The maximum Gasteiger partial charge on any atom is 0.395 e. The minimum Gasteiger partial charge on any atom is -0.481 e. The fourth-order valence-corrected chi connectivity index (χ4v) is 2.48. The van der Waals surface area contributed by atoms with E-state index in [0.29, 0.717) is 12.8 Å². The van der Waals surface area contributed by atoms with Crippen molar-refractivity contribution in [1.82, 2.24) is 0 Å². The minimum atomic E-state index is -4.25. The molecule has 0 saturated heterocycles. The maximum absolute atomic E-state index is 12.7. The monoisotopic (exact) mass is 316 g/mol. The van der Waals surface area contributed by atoms with Gasteiger partial charge in [-0.25, -0.2) is 0 Å². The Morgan fingerprint density at radius 2 is 1.59 bits per heavy atom. The van der Waals surface area contributed by atoms with Crippen LogP contribution in [0.3, 0.4) is 0 Å². The van der Waals surface area contributed by atoms with Gasteiger partial charge in [0, 0.05) is 0 Å². The molecule has 0 aliphatic rings. The molecule has 124 valence electrons. The number of aliphatic carboxylic acids is 1. The predicted octanol–water partition coefficient (Wildman–Crippen LogP) is 5.35. The van der Waals surface area contributed by atoms with E-state index in [4.69, 9.17) is 0 Å². The van der Waals surface area contributed by atoms with Gasteiger partial charge in [0.1, 0.15) is 0 Å². The molecule has 0 radical (unpaired) electrons. The number of rotatable bonds is 6. The number of hydrogen-bond acceptors (Lipinski definition) is 1. The van der Waals surface area contributed by atoms with Gasteiger partial charge in [-0.1, -0.05) is 38.1 Å². The molecule has 1 N–H and O–H groups in total. The highest BCUT2D eigenvalue weighted by Gasteiger charge is 2.37. The molecule has 0 saturated carbocycles. The zero-order valence-electron chi connectivity index (χ0n) is 13.4. The number of carboxylic acids is 1. The molecule has 0 aliphatic carbocycles. The Balaban J connectivity index is 2.89. The van der Waals surface area contributed by atoms with Crippen molar-refractivity contribution in [3.63, 3.8) is 0 Å². The minimum absolute atomic E-state index is 0.0312. The van der Waals surface area contributed by atoms with Gasteiger partial charge in [0.15, 0.2) is 0 Å². The second-order valence-corrected chi connectivity index (χ2v) is 6.25. The van der Waals surface area contributed by atoms with Crippen LogP contribution in [0.1, 0.15) is 63.5 Å². The van der Waals surface area contributed by atoms with Crippen LogP contribution in [0.25, 0.3) is 0 Å². The molecule has 5 heteroatoms. The largest absolute Gasteiger partial charge is 0.481 e. The molecule has 0 bridgehead atoms. The van der Waals surface area contributed by atoms with Crippen LogP contribution in [-0.2, 0) is 4.79 Å². The smallest absolute Gasteiger partial charge is 0.395 e. The van der Waals surface area contributed by atoms with Crippen molar-refractivity contribution in [2.45, 2.75) is 58.5 Å². The average Bonchev–Trinajstić information content (AvgIpc) is 2.45. The topological polar surface area (TPSA) is 37.3 Å². The fraction of sp³-hybridized carbons (Fsp3) is 0.588. The van der Waals surface area contributed by atoms with Crippen LogP contribution >= 0.6 is 0 Å². The molecule has 0 spiro atoms. The lowest BCUT2D eigenvalue weighted by atomic mass is 9.77. The number of halogens is 3. The van der Waals surface area contributed by atoms with Crippen molar-refractivity contribution in [3.8, 4) is 0 Å². The molecule has 3 unspecified atom stereocenters. The molecule has 1 aromatic carbocycles. The van der Waals surface area contributed by atoms with E-state index in [1.54, 1.807) is 19.1 Å². The summed E-state index contributed by atoms with van der Waals surface area (Å²) in [5.41, 5.74) is 0.260. The Hall–Kier alpha value is -1.52. The third-order valence-corrected chi connectivity index (χ3v) is 4.55. The molecule has 1 aromatic rings. The highest BCUT2D eigenvalue weighted by atomic mass is 19.4. The summed E-state index contributed by atoms with van der Waals surface area (Å²) in [5.74, 6) is -2.38. The highest BCUT2D eigenvalue weighted by Crippen LogP contribution is 2.37. The summed E-state index contributed by atoms with van der Waals surface area (Å²) in [6, 6.07) is 6.29. The van der Waals surface area contributed by atoms with Gasteiger partial charge in [-0.15, -0.1) is 0 Å². The van der Waals surface area contributed by atoms with Gasteiger partial charge < -0.3 is 5.11 Å². The predicted molar refractivity (Wildman–Crippen MR) is 80.0 cm³/mol. The summed E-state index contributed by atoms with van der Waals surface area (Å²) in [5, 5.41) is 9.31. The molecule has 0 amide bonds. The van der Waals surface area contributed by atoms with Crippen LogP contribution in [0.5, 0.6) is 0 Å². The van der Waals surface area contributed by atoms with Gasteiger partial charge in [-0.3, -0.25) is 4.79 Å². The second kappa shape index (κ2) is 6.71. The van der Waals surface area contributed by atoms with Crippen molar-refractivity contribution in [2.24, 2.45) is 5.41 Å². The van der Waals surface area contributed by atoms with Crippen LogP contribution in [0.4, 0.5) is 13.2 Å². The van der Waals surface area contributed by atoms with E-state index in [1.165, 1.54) is 12.1 Å². The van der Waals surface area contributed by atoms with E-state index >= 15 is 0 Å². The molecule has 22 heavy (non-hydrogen) atoms. The first-order valence-electron chi connectivity index (χ1n) is 7.41.